The molecule has 0 aliphatic rings. The van der Waals surface area contributed by atoms with Gasteiger partial charge in [-0.1, -0.05) is 25.1 Å². The van der Waals surface area contributed by atoms with Crippen molar-refractivity contribution in [3.63, 3.8) is 0 Å². The normalized spacial score (nSPS) is 12.2. The van der Waals surface area contributed by atoms with Crippen LogP contribution in [-0.4, -0.2) is 5.75 Å². The van der Waals surface area contributed by atoms with Crippen LogP contribution in [0.4, 0.5) is 13.2 Å². The van der Waals surface area contributed by atoms with Crippen molar-refractivity contribution in [2.45, 2.75) is 30.8 Å². The van der Waals surface area contributed by atoms with Crippen LogP contribution >= 0.6 is 11.8 Å². The van der Waals surface area contributed by atoms with Crippen molar-refractivity contribution in [3.8, 4) is 0 Å². The van der Waals surface area contributed by atoms with Crippen LogP contribution in [0.3, 0.4) is 0 Å². The number of alkyl halides is 3. The molecule has 17 heavy (non-hydrogen) atoms. The quantitative estimate of drug-likeness (QED) is 0.400. The fourth-order valence-electron chi connectivity index (χ4n) is 1.29. The molecule has 1 rings (SSSR count). The third kappa shape index (κ3) is 5.31. The van der Waals surface area contributed by atoms with E-state index in [4.69, 9.17) is 0 Å². The molecule has 1 aromatic rings. The number of hydrogen-bond acceptors (Lipinski definition) is 1. The summed E-state index contributed by atoms with van der Waals surface area (Å²) in [6, 6.07) is 5.46. The van der Waals surface area contributed by atoms with Crippen LogP contribution in [0.15, 0.2) is 41.3 Å². The van der Waals surface area contributed by atoms with E-state index < -0.39 is 11.7 Å². The molecule has 0 saturated heterocycles. The standard InChI is InChI=1S/C13H15F3S/c1-2-3-4-5-9-17-12-8-6-7-11(10-12)13(14,15)16/h3-4,6-8,10H,2,5,9H2,1H3/b4-3+. The van der Waals surface area contributed by atoms with Gasteiger partial charge in [0.05, 0.1) is 5.56 Å². The molecule has 0 aliphatic heterocycles. The lowest BCUT2D eigenvalue weighted by Crippen LogP contribution is -2.04. The topological polar surface area (TPSA) is 0 Å². The summed E-state index contributed by atoms with van der Waals surface area (Å²) in [6.07, 6.45) is 1.75. The summed E-state index contributed by atoms with van der Waals surface area (Å²) in [6.45, 7) is 2.05. The molecule has 0 amide bonds. The minimum Gasteiger partial charge on any atom is -0.166 e. The molecule has 0 N–H and O–H groups in total. The Morgan fingerprint density at radius 1 is 1.24 bits per heavy atom. The van der Waals surface area contributed by atoms with Crippen molar-refractivity contribution in [3.05, 3.63) is 42.0 Å². The highest BCUT2D eigenvalue weighted by Crippen LogP contribution is 2.31. The number of thioether (sulfide) groups is 1. The Kier molecular flexibility index (Phi) is 5.62. The van der Waals surface area contributed by atoms with Gasteiger partial charge in [0, 0.05) is 10.6 Å². The third-order valence-corrected chi connectivity index (χ3v) is 3.14. The Balaban J connectivity index is 2.52. The van der Waals surface area contributed by atoms with Gasteiger partial charge in [0.1, 0.15) is 0 Å². The molecular weight excluding hydrogens is 245 g/mol. The van der Waals surface area contributed by atoms with Gasteiger partial charge < -0.3 is 0 Å². The summed E-state index contributed by atoms with van der Waals surface area (Å²) < 4.78 is 37.3. The summed E-state index contributed by atoms with van der Waals surface area (Å²) in [7, 11) is 0. The van der Waals surface area contributed by atoms with Crippen molar-refractivity contribution in [2.75, 3.05) is 5.75 Å². The minimum atomic E-state index is -4.25. The zero-order valence-corrected chi connectivity index (χ0v) is 10.4. The first-order chi connectivity index (χ1) is 8.04. The molecule has 0 aromatic heterocycles. The second-order valence-corrected chi connectivity index (χ2v) is 4.71. The summed E-state index contributed by atoms with van der Waals surface area (Å²) in [5.74, 6) is 0.803. The molecule has 4 heteroatoms. The van der Waals surface area contributed by atoms with Gasteiger partial charge in [0.25, 0.3) is 0 Å². The van der Waals surface area contributed by atoms with Crippen molar-refractivity contribution in [1.29, 1.82) is 0 Å². The van der Waals surface area contributed by atoms with Crippen molar-refractivity contribution in [1.82, 2.24) is 0 Å². The fraction of sp³-hybridized carbons (Fsp3) is 0.385. The van der Waals surface area contributed by atoms with Gasteiger partial charge in [-0.05, 0) is 31.0 Å². The van der Waals surface area contributed by atoms with Crippen LogP contribution in [0.1, 0.15) is 25.3 Å². The highest BCUT2D eigenvalue weighted by molar-refractivity contribution is 7.99. The first-order valence-corrected chi connectivity index (χ1v) is 6.47. The van der Waals surface area contributed by atoms with E-state index in [1.165, 1.54) is 23.9 Å². The van der Waals surface area contributed by atoms with E-state index in [2.05, 4.69) is 19.1 Å². The van der Waals surface area contributed by atoms with Gasteiger partial charge in [-0.3, -0.25) is 0 Å². The van der Waals surface area contributed by atoms with Gasteiger partial charge in [-0.15, -0.1) is 11.8 Å². The first-order valence-electron chi connectivity index (χ1n) is 5.49. The Morgan fingerprint density at radius 2 is 2.00 bits per heavy atom. The van der Waals surface area contributed by atoms with E-state index in [9.17, 15) is 13.2 Å². The largest absolute Gasteiger partial charge is 0.416 e. The van der Waals surface area contributed by atoms with E-state index in [0.717, 1.165) is 24.7 Å². The van der Waals surface area contributed by atoms with Gasteiger partial charge in [-0.2, -0.15) is 13.2 Å². The van der Waals surface area contributed by atoms with Crippen LogP contribution in [0.5, 0.6) is 0 Å². The van der Waals surface area contributed by atoms with E-state index in [0.29, 0.717) is 4.90 Å². The fourth-order valence-corrected chi connectivity index (χ4v) is 2.17. The van der Waals surface area contributed by atoms with Crippen LogP contribution in [0.2, 0.25) is 0 Å². The second kappa shape index (κ2) is 6.74. The Hall–Kier alpha value is -0.900. The number of allylic oxidation sites excluding steroid dienone is 2. The molecule has 0 aliphatic carbocycles. The number of hydrogen-bond donors (Lipinski definition) is 0. The summed E-state index contributed by atoms with van der Waals surface area (Å²) in [4.78, 5) is 0.671. The Morgan fingerprint density at radius 3 is 2.65 bits per heavy atom. The molecule has 94 valence electrons. The highest BCUT2D eigenvalue weighted by atomic mass is 32.2. The van der Waals surface area contributed by atoms with E-state index >= 15 is 0 Å². The van der Waals surface area contributed by atoms with Crippen LogP contribution in [0, 0.1) is 0 Å². The van der Waals surface area contributed by atoms with Crippen molar-refractivity contribution < 1.29 is 13.2 Å². The lowest BCUT2D eigenvalue weighted by atomic mass is 10.2. The Bertz CT molecular complexity index is 369. The number of rotatable bonds is 5. The molecule has 1 aromatic carbocycles. The van der Waals surface area contributed by atoms with Crippen molar-refractivity contribution in [2.24, 2.45) is 0 Å². The SMILES string of the molecule is CC/C=C/CCSc1cccc(C(F)(F)F)c1. The van der Waals surface area contributed by atoms with Gasteiger partial charge in [0.15, 0.2) is 0 Å². The minimum absolute atomic E-state index is 0.577. The summed E-state index contributed by atoms with van der Waals surface area (Å²) in [5.41, 5.74) is -0.577. The van der Waals surface area contributed by atoms with E-state index in [1.807, 2.05) is 0 Å². The smallest absolute Gasteiger partial charge is 0.166 e. The highest BCUT2D eigenvalue weighted by Gasteiger charge is 2.30. The third-order valence-electron chi connectivity index (χ3n) is 2.12. The molecule has 0 atom stereocenters. The molecular formula is C13H15F3S. The van der Waals surface area contributed by atoms with E-state index in [1.54, 1.807) is 6.07 Å². The van der Waals surface area contributed by atoms with Crippen LogP contribution < -0.4 is 0 Å². The molecule has 0 nitrogen and oxygen atoms in total. The average molecular weight is 260 g/mol. The second-order valence-electron chi connectivity index (χ2n) is 3.54. The molecule has 0 fully saturated rings. The average Bonchev–Trinajstić information content (AvgIpc) is 2.28. The van der Waals surface area contributed by atoms with E-state index in [-0.39, 0.29) is 0 Å². The number of benzene rings is 1. The maximum Gasteiger partial charge on any atom is 0.416 e. The Labute approximate surface area is 104 Å². The van der Waals surface area contributed by atoms with Crippen LogP contribution in [-0.2, 0) is 6.18 Å². The lowest BCUT2D eigenvalue weighted by molar-refractivity contribution is -0.137. The molecule has 0 bridgehead atoms. The van der Waals surface area contributed by atoms with Gasteiger partial charge in [-0.25, -0.2) is 0 Å². The van der Waals surface area contributed by atoms with Gasteiger partial charge in [0.2, 0.25) is 0 Å². The first kappa shape index (κ1) is 14.2. The zero-order valence-electron chi connectivity index (χ0n) is 9.63. The maximum absolute atomic E-state index is 12.4. The summed E-state index contributed by atoms with van der Waals surface area (Å²) in [5, 5.41) is 0. The molecule has 0 unspecified atom stereocenters. The van der Waals surface area contributed by atoms with Crippen molar-refractivity contribution >= 4 is 11.8 Å². The maximum atomic E-state index is 12.4. The molecule has 0 saturated carbocycles. The zero-order chi connectivity index (χ0) is 12.7. The van der Waals surface area contributed by atoms with Crippen LogP contribution in [0.25, 0.3) is 0 Å². The monoisotopic (exact) mass is 260 g/mol. The summed E-state index contributed by atoms with van der Waals surface area (Å²) >= 11 is 1.45. The van der Waals surface area contributed by atoms with Gasteiger partial charge >= 0.3 is 6.18 Å². The predicted molar refractivity (Wildman–Crippen MR) is 66.2 cm³/mol. The lowest BCUT2D eigenvalue weighted by Gasteiger charge is -2.07. The predicted octanol–water partition coefficient (Wildman–Crippen LogP) is 5.15. The molecule has 0 heterocycles. The molecule has 0 spiro atoms. The number of halogens is 3. The molecule has 0 radical (unpaired) electrons.